The van der Waals surface area contributed by atoms with Crippen LogP contribution >= 0.6 is 11.6 Å². The summed E-state index contributed by atoms with van der Waals surface area (Å²) in [6.45, 7) is 2.52. The van der Waals surface area contributed by atoms with Crippen LogP contribution in [0.2, 0.25) is 5.02 Å². The van der Waals surface area contributed by atoms with Gasteiger partial charge in [0.25, 0.3) is 5.91 Å². The Kier molecular flexibility index (Phi) is 6.23. The minimum absolute atomic E-state index is 0.0178. The van der Waals surface area contributed by atoms with E-state index in [1.54, 1.807) is 41.3 Å². The van der Waals surface area contributed by atoms with Crippen LogP contribution in [0.5, 0.6) is 0 Å². The molecule has 1 unspecified atom stereocenters. The summed E-state index contributed by atoms with van der Waals surface area (Å²) in [5, 5.41) is 9.73. The number of benzene rings is 1. The molecule has 4 aliphatic rings. The summed E-state index contributed by atoms with van der Waals surface area (Å²) in [5.74, 6) is -2.88. The van der Waals surface area contributed by atoms with E-state index in [0.29, 0.717) is 30.0 Å². The monoisotopic (exact) mass is 500 g/mol. The van der Waals surface area contributed by atoms with Crippen molar-refractivity contribution in [3.05, 3.63) is 53.6 Å². The SMILES string of the molecule is CC[C@@]12C=CCOC(=O)[C@@H]1[C@H]1C(=O)N(CCCCO)C3C(=O)N(c4ccccc4Cl)CC=C[C@@]31O2. The molecule has 1 aromatic rings. The second-order valence-corrected chi connectivity index (χ2v) is 9.83. The zero-order valence-electron chi connectivity index (χ0n) is 19.6. The molecule has 5 rings (SSSR count). The highest BCUT2D eigenvalue weighted by Crippen LogP contribution is 2.58. The zero-order valence-corrected chi connectivity index (χ0v) is 20.3. The summed E-state index contributed by atoms with van der Waals surface area (Å²) in [5.41, 5.74) is -1.83. The number of anilines is 1. The lowest BCUT2D eigenvalue weighted by atomic mass is 9.73. The van der Waals surface area contributed by atoms with Gasteiger partial charge in [-0.1, -0.05) is 48.9 Å². The molecule has 4 heterocycles. The van der Waals surface area contributed by atoms with Gasteiger partial charge in [-0.25, -0.2) is 0 Å². The quantitative estimate of drug-likeness (QED) is 0.366. The number of carbonyl (C=O) groups excluding carboxylic acids is 3. The first kappa shape index (κ1) is 24.0. The van der Waals surface area contributed by atoms with Gasteiger partial charge in [-0.05, 0) is 37.5 Å². The third-order valence-electron chi connectivity index (χ3n) is 7.65. The lowest BCUT2D eigenvalue weighted by molar-refractivity contribution is -0.157. The number of likely N-dealkylation sites (tertiary alicyclic amines) is 1. The smallest absolute Gasteiger partial charge is 0.313 e. The molecule has 2 fully saturated rings. The molecule has 9 heteroatoms. The van der Waals surface area contributed by atoms with Crippen LogP contribution in [-0.4, -0.2) is 71.3 Å². The Balaban J connectivity index is 1.65. The second-order valence-electron chi connectivity index (χ2n) is 9.42. The Bertz CT molecular complexity index is 1110. The van der Waals surface area contributed by atoms with Crippen molar-refractivity contribution in [1.82, 2.24) is 4.90 Å². The molecule has 5 atom stereocenters. The number of amides is 2. The van der Waals surface area contributed by atoms with E-state index >= 15 is 0 Å². The summed E-state index contributed by atoms with van der Waals surface area (Å²) in [4.78, 5) is 44.5. The molecule has 1 aromatic carbocycles. The molecule has 0 saturated carbocycles. The first-order chi connectivity index (χ1) is 16.9. The molecule has 2 amide bonds. The van der Waals surface area contributed by atoms with Gasteiger partial charge < -0.3 is 24.4 Å². The number of halogens is 1. The van der Waals surface area contributed by atoms with Crippen LogP contribution in [0.1, 0.15) is 26.2 Å². The van der Waals surface area contributed by atoms with E-state index in [0.717, 1.165) is 0 Å². The molecule has 0 radical (unpaired) electrons. The molecular formula is C26H29ClN2O6. The number of para-hydroxylation sites is 1. The van der Waals surface area contributed by atoms with Crippen molar-refractivity contribution >= 4 is 35.1 Å². The number of ether oxygens (including phenoxy) is 2. The number of hydrogen-bond donors (Lipinski definition) is 1. The maximum atomic E-state index is 14.2. The Morgan fingerprint density at radius 1 is 1.09 bits per heavy atom. The minimum Gasteiger partial charge on any atom is -0.461 e. The number of unbranched alkanes of at least 4 members (excludes halogenated alkanes) is 1. The van der Waals surface area contributed by atoms with Crippen LogP contribution in [0.15, 0.2) is 48.6 Å². The van der Waals surface area contributed by atoms with E-state index < -0.39 is 35.0 Å². The number of esters is 1. The second kappa shape index (κ2) is 9.08. The van der Waals surface area contributed by atoms with Gasteiger partial charge in [0.1, 0.15) is 29.8 Å². The summed E-state index contributed by atoms with van der Waals surface area (Å²) in [6.07, 6.45) is 8.64. The third kappa shape index (κ3) is 3.53. The molecule has 2 saturated heterocycles. The molecule has 1 spiro atoms. The van der Waals surface area contributed by atoms with Gasteiger partial charge in [-0.2, -0.15) is 0 Å². The maximum Gasteiger partial charge on any atom is 0.313 e. The highest BCUT2D eigenvalue weighted by atomic mass is 35.5. The van der Waals surface area contributed by atoms with Crippen LogP contribution in [0.3, 0.4) is 0 Å². The fourth-order valence-electron chi connectivity index (χ4n) is 6.12. The molecule has 4 aliphatic heterocycles. The molecule has 1 N–H and O–H groups in total. The number of aliphatic hydroxyl groups is 1. The number of carbonyl (C=O) groups is 3. The first-order valence-corrected chi connectivity index (χ1v) is 12.5. The standard InChI is InChI=1S/C26H29ClN2O6/c1-2-25-11-8-16-34-24(33)20(25)19-22(31)29(13-5-6-15-30)21-23(32)28(14-7-12-26(19,21)35-25)18-10-4-3-9-17(18)27/h3-4,7-12,19-21,30H,2,5-6,13-16H2,1H3/t19-,20-,21?,25+,26-/m0/s1. The van der Waals surface area contributed by atoms with Crippen molar-refractivity contribution < 1.29 is 29.0 Å². The Labute approximate surface area is 209 Å². The number of nitrogens with zero attached hydrogens (tertiary/aromatic N) is 2. The molecule has 0 bridgehead atoms. The van der Waals surface area contributed by atoms with Crippen molar-refractivity contribution in [2.24, 2.45) is 11.8 Å². The fourth-order valence-corrected chi connectivity index (χ4v) is 6.35. The number of cyclic esters (lactones) is 1. The van der Waals surface area contributed by atoms with Crippen LogP contribution in [-0.2, 0) is 23.9 Å². The van der Waals surface area contributed by atoms with Crippen molar-refractivity contribution in [2.75, 3.05) is 31.2 Å². The number of hydrogen-bond acceptors (Lipinski definition) is 6. The summed E-state index contributed by atoms with van der Waals surface area (Å²) < 4.78 is 12.2. The van der Waals surface area contributed by atoms with Crippen molar-refractivity contribution in [1.29, 1.82) is 0 Å². The van der Waals surface area contributed by atoms with Crippen molar-refractivity contribution in [3.8, 4) is 0 Å². The summed E-state index contributed by atoms with van der Waals surface area (Å²) >= 11 is 6.45. The van der Waals surface area contributed by atoms with Gasteiger partial charge in [0.2, 0.25) is 5.91 Å². The van der Waals surface area contributed by atoms with Gasteiger partial charge in [0.15, 0.2) is 0 Å². The lowest BCUT2D eigenvalue weighted by Gasteiger charge is -2.38. The largest absolute Gasteiger partial charge is 0.461 e. The predicted octanol–water partition coefficient (Wildman–Crippen LogP) is 2.49. The van der Waals surface area contributed by atoms with Crippen LogP contribution < -0.4 is 4.90 Å². The maximum absolute atomic E-state index is 14.2. The lowest BCUT2D eigenvalue weighted by Crippen LogP contribution is -2.56. The zero-order chi connectivity index (χ0) is 24.8. The molecular weight excluding hydrogens is 472 g/mol. The van der Waals surface area contributed by atoms with E-state index in [1.165, 1.54) is 4.90 Å². The van der Waals surface area contributed by atoms with Crippen LogP contribution in [0.25, 0.3) is 0 Å². The third-order valence-corrected chi connectivity index (χ3v) is 7.97. The van der Waals surface area contributed by atoms with E-state index in [2.05, 4.69) is 0 Å². The number of rotatable bonds is 6. The van der Waals surface area contributed by atoms with Crippen molar-refractivity contribution in [3.63, 3.8) is 0 Å². The average molecular weight is 501 g/mol. The Morgan fingerprint density at radius 2 is 1.89 bits per heavy atom. The van der Waals surface area contributed by atoms with E-state index in [9.17, 15) is 19.5 Å². The van der Waals surface area contributed by atoms with E-state index in [-0.39, 0.29) is 38.1 Å². The summed E-state index contributed by atoms with van der Waals surface area (Å²) in [6, 6.07) is 6.09. The van der Waals surface area contributed by atoms with Crippen LogP contribution in [0.4, 0.5) is 5.69 Å². The predicted molar refractivity (Wildman–Crippen MR) is 129 cm³/mol. The molecule has 0 aliphatic carbocycles. The number of fused-ring (bicyclic) bond motifs is 2. The normalized spacial score (nSPS) is 33.8. The Morgan fingerprint density at radius 3 is 2.63 bits per heavy atom. The Hall–Kier alpha value is -2.68. The topological polar surface area (TPSA) is 96.4 Å². The van der Waals surface area contributed by atoms with Gasteiger partial charge in [0, 0.05) is 19.7 Å². The fraction of sp³-hybridized carbons (Fsp3) is 0.500. The highest BCUT2D eigenvalue weighted by molar-refractivity contribution is 6.34. The minimum atomic E-state index is -1.33. The van der Waals surface area contributed by atoms with Gasteiger partial charge in [-0.3, -0.25) is 14.4 Å². The van der Waals surface area contributed by atoms with Gasteiger partial charge >= 0.3 is 5.97 Å². The van der Waals surface area contributed by atoms with Crippen LogP contribution in [0, 0.1) is 11.8 Å². The highest BCUT2D eigenvalue weighted by Gasteiger charge is 2.75. The summed E-state index contributed by atoms with van der Waals surface area (Å²) in [7, 11) is 0. The molecule has 8 nitrogen and oxygen atoms in total. The van der Waals surface area contributed by atoms with E-state index in [4.69, 9.17) is 21.1 Å². The van der Waals surface area contributed by atoms with Gasteiger partial charge in [0.05, 0.1) is 16.6 Å². The number of aliphatic hydroxyl groups excluding tert-OH is 1. The van der Waals surface area contributed by atoms with Crippen molar-refractivity contribution in [2.45, 2.75) is 43.4 Å². The van der Waals surface area contributed by atoms with E-state index in [1.807, 2.05) is 19.1 Å². The van der Waals surface area contributed by atoms with Gasteiger partial charge in [-0.15, -0.1) is 0 Å². The molecule has 186 valence electrons. The molecule has 0 aromatic heterocycles. The average Bonchev–Trinajstić information content (AvgIpc) is 3.12. The first-order valence-electron chi connectivity index (χ1n) is 12.1. The molecule has 35 heavy (non-hydrogen) atoms.